The SMILES string of the molecule is COc1ccccc1NCc1nnc(SCC(=O)Nc2ccccc2OC)n1-c1ccccc1. The number of nitrogens with zero attached hydrogens (tertiary/aromatic N) is 3. The van der Waals surface area contributed by atoms with Gasteiger partial charge in [-0.1, -0.05) is 54.2 Å². The molecular formula is C25H25N5O3S. The molecule has 0 saturated heterocycles. The van der Waals surface area contributed by atoms with Crippen molar-refractivity contribution in [3.63, 3.8) is 0 Å². The lowest BCUT2D eigenvalue weighted by Gasteiger charge is -2.13. The smallest absolute Gasteiger partial charge is 0.234 e. The molecule has 0 radical (unpaired) electrons. The van der Waals surface area contributed by atoms with Crippen LogP contribution >= 0.6 is 11.8 Å². The van der Waals surface area contributed by atoms with Crippen LogP contribution in [0.3, 0.4) is 0 Å². The molecule has 9 heteroatoms. The third kappa shape index (κ3) is 5.49. The lowest BCUT2D eigenvalue weighted by Crippen LogP contribution is -2.15. The van der Waals surface area contributed by atoms with Crippen LogP contribution in [0.15, 0.2) is 84.0 Å². The molecule has 0 fully saturated rings. The van der Waals surface area contributed by atoms with E-state index in [2.05, 4.69) is 20.8 Å². The fourth-order valence-electron chi connectivity index (χ4n) is 3.37. The molecule has 8 nitrogen and oxygen atoms in total. The summed E-state index contributed by atoms with van der Waals surface area (Å²) in [5.41, 5.74) is 2.40. The van der Waals surface area contributed by atoms with Crippen molar-refractivity contribution >= 4 is 29.0 Å². The summed E-state index contributed by atoms with van der Waals surface area (Å²) in [5, 5.41) is 15.6. The summed E-state index contributed by atoms with van der Waals surface area (Å²) in [6, 6.07) is 24.8. The van der Waals surface area contributed by atoms with Gasteiger partial charge in [0, 0.05) is 5.69 Å². The van der Waals surface area contributed by atoms with Crippen molar-refractivity contribution in [1.29, 1.82) is 0 Å². The normalized spacial score (nSPS) is 10.5. The maximum absolute atomic E-state index is 12.6. The first-order valence-corrected chi connectivity index (χ1v) is 11.6. The average molecular weight is 476 g/mol. The Morgan fingerprint density at radius 2 is 1.47 bits per heavy atom. The molecular weight excluding hydrogens is 450 g/mol. The zero-order valence-corrected chi connectivity index (χ0v) is 19.7. The lowest BCUT2D eigenvalue weighted by molar-refractivity contribution is -0.113. The monoisotopic (exact) mass is 475 g/mol. The fourth-order valence-corrected chi connectivity index (χ4v) is 4.14. The van der Waals surface area contributed by atoms with Gasteiger partial charge in [0.1, 0.15) is 11.5 Å². The lowest BCUT2D eigenvalue weighted by atomic mass is 10.3. The fraction of sp³-hybridized carbons (Fsp3) is 0.160. The Morgan fingerprint density at radius 1 is 0.853 bits per heavy atom. The van der Waals surface area contributed by atoms with E-state index in [1.54, 1.807) is 26.4 Å². The molecule has 3 aromatic carbocycles. The van der Waals surface area contributed by atoms with E-state index in [0.717, 1.165) is 17.1 Å². The summed E-state index contributed by atoms with van der Waals surface area (Å²) in [6.45, 7) is 0.427. The number of methoxy groups -OCH3 is 2. The molecule has 2 N–H and O–H groups in total. The molecule has 0 spiro atoms. The third-order valence-electron chi connectivity index (χ3n) is 4.97. The summed E-state index contributed by atoms with van der Waals surface area (Å²) in [5.74, 6) is 2.08. The van der Waals surface area contributed by atoms with Crippen LogP contribution in [0.1, 0.15) is 5.82 Å². The number of carbonyl (C=O) groups is 1. The maximum atomic E-state index is 12.6. The molecule has 34 heavy (non-hydrogen) atoms. The Kier molecular flexibility index (Phi) is 7.67. The van der Waals surface area contributed by atoms with Crippen molar-refractivity contribution in [3.05, 3.63) is 84.7 Å². The highest BCUT2D eigenvalue weighted by atomic mass is 32.2. The van der Waals surface area contributed by atoms with Crippen LogP contribution in [-0.2, 0) is 11.3 Å². The topological polar surface area (TPSA) is 90.3 Å². The van der Waals surface area contributed by atoms with Gasteiger partial charge in [0.15, 0.2) is 11.0 Å². The molecule has 1 amide bonds. The van der Waals surface area contributed by atoms with Crippen LogP contribution in [0.25, 0.3) is 5.69 Å². The van der Waals surface area contributed by atoms with Gasteiger partial charge in [0.25, 0.3) is 0 Å². The molecule has 4 aromatic rings. The number of benzene rings is 3. The molecule has 0 atom stereocenters. The summed E-state index contributed by atoms with van der Waals surface area (Å²) in [6.07, 6.45) is 0. The van der Waals surface area contributed by atoms with E-state index < -0.39 is 0 Å². The molecule has 0 saturated carbocycles. The van der Waals surface area contributed by atoms with Crippen molar-refractivity contribution < 1.29 is 14.3 Å². The zero-order valence-electron chi connectivity index (χ0n) is 18.9. The minimum absolute atomic E-state index is 0.161. The maximum Gasteiger partial charge on any atom is 0.234 e. The predicted octanol–water partition coefficient (Wildman–Crippen LogP) is 4.63. The number of para-hydroxylation sites is 5. The standard InChI is InChI=1S/C25H25N5O3S/c1-32-21-14-8-6-12-19(21)26-16-23-28-29-25(30(23)18-10-4-3-5-11-18)34-17-24(31)27-20-13-7-9-15-22(20)33-2/h3-15,26H,16-17H2,1-2H3,(H,27,31). The molecule has 1 aromatic heterocycles. The molecule has 0 bridgehead atoms. The molecule has 0 aliphatic carbocycles. The van der Waals surface area contributed by atoms with E-state index in [0.29, 0.717) is 29.0 Å². The van der Waals surface area contributed by atoms with Gasteiger partial charge in [0.2, 0.25) is 5.91 Å². The van der Waals surface area contributed by atoms with Gasteiger partial charge in [-0.15, -0.1) is 10.2 Å². The minimum Gasteiger partial charge on any atom is -0.495 e. The first kappa shape index (κ1) is 23.2. The molecule has 174 valence electrons. The van der Waals surface area contributed by atoms with Gasteiger partial charge in [-0.2, -0.15) is 0 Å². The Hall–Kier alpha value is -3.98. The number of ether oxygens (including phenoxy) is 2. The van der Waals surface area contributed by atoms with E-state index in [1.165, 1.54) is 11.8 Å². The number of thioether (sulfide) groups is 1. The average Bonchev–Trinajstić information content (AvgIpc) is 3.30. The third-order valence-corrected chi connectivity index (χ3v) is 5.90. The van der Waals surface area contributed by atoms with Crippen molar-refractivity contribution in [3.8, 4) is 17.2 Å². The second-order valence-corrected chi connectivity index (χ2v) is 8.10. The Labute approximate surface area is 202 Å². The highest BCUT2D eigenvalue weighted by molar-refractivity contribution is 7.99. The van der Waals surface area contributed by atoms with Crippen molar-refractivity contribution in [1.82, 2.24) is 14.8 Å². The van der Waals surface area contributed by atoms with E-state index >= 15 is 0 Å². The van der Waals surface area contributed by atoms with Gasteiger partial charge >= 0.3 is 0 Å². The second kappa shape index (κ2) is 11.2. The van der Waals surface area contributed by atoms with E-state index in [1.807, 2.05) is 71.3 Å². The Balaban J connectivity index is 1.51. The van der Waals surface area contributed by atoms with Crippen LogP contribution in [0.4, 0.5) is 11.4 Å². The van der Waals surface area contributed by atoms with E-state index in [9.17, 15) is 4.79 Å². The molecule has 0 unspecified atom stereocenters. The van der Waals surface area contributed by atoms with Crippen LogP contribution in [0.2, 0.25) is 0 Å². The number of aromatic nitrogens is 3. The van der Waals surface area contributed by atoms with Gasteiger partial charge in [-0.25, -0.2) is 0 Å². The summed E-state index contributed by atoms with van der Waals surface area (Å²) >= 11 is 1.32. The van der Waals surface area contributed by atoms with Crippen LogP contribution in [0.5, 0.6) is 11.5 Å². The number of carbonyl (C=O) groups excluding carboxylic acids is 1. The van der Waals surface area contributed by atoms with Crippen molar-refractivity contribution in [2.45, 2.75) is 11.7 Å². The van der Waals surface area contributed by atoms with E-state index in [4.69, 9.17) is 9.47 Å². The first-order valence-electron chi connectivity index (χ1n) is 10.6. The highest BCUT2D eigenvalue weighted by Gasteiger charge is 2.17. The van der Waals surface area contributed by atoms with Gasteiger partial charge in [-0.05, 0) is 36.4 Å². The number of anilines is 2. The first-order chi connectivity index (χ1) is 16.7. The molecule has 0 aliphatic rings. The van der Waals surface area contributed by atoms with Gasteiger partial charge in [-0.3, -0.25) is 9.36 Å². The molecule has 1 heterocycles. The predicted molar refractivity (Wildman–Crippen MR) is 134 cm³/mol. The van der Waals surface area contributed by atoms with Gasteiger partial charge < -0.3 is 20.1 Å². The Bertz CT molecular complexity index is 1250. The van der Waals surface area contributed by atoms with Crippen LogP contribution in [0, 0.1) is 0 Å². The number of hydrogen-bond acceptors (Lipinski definition) is 7. The van der Waals surface area contributed by atoms with Crippen LogP contribution in [-0.4, -0.2) is 40.6 Å². The quantitative estimate of drug-likeness (QED) is 0.323. The number of amides is 1. The number of rotatable bonds is 10. The van der Waals surface area contributed by atoms with Crippen LogP contribution < -0.4 is 20.1 Å². The molecule has 0 aliphatic heterocycles. The molecule has 4 rings (SSSR count). The number of nitrogens with one attached hydrogen (secondary N) is 2. The zero-order chi connectivity index (χ0) is 23.8. The summed E-state index contributed by atoms with van der Waals surface area (Å²) < 4.78 is 12.7. The van der Waals surface area contributed by atoms with E-state index in [-0.39, 0.29) is 11.7 Å². The van der Waals surface area contributed by atoms with Gasteiger partial charge in [0.05, 0.1) is 37.9 Å². The second-order valence-electron chi connectivity index (χ2n) is 7.16. The summed E-state index contributed by atoms with van der Waals surface area (Å²) in [4.78, 5) is 12.6. The minimum atomic E-state index is -0.161. The summed E-state index contributed by atoms with van der Waals surface area (Å²) in [7, 11) is 3.21. The largest absolute Gasteiger partial charge is 0.495 e. The van der Waals surface area contributed by atoms with Crippen molar-refractivity contribution in [2.24, 2.45) is 0 Å². The van der Waals surface area contributed by atoms with Crippen molar-refractivity contribution in [2.75, 3.05) is 30.6 Å². The highest BCUT2D eigenvalue weighted by Crippen LogP contribution is 2.27. The Morgan fingerprint density at radius 3 is 2.18 bits per heavy atom. The number of hydrogen-bond donors (Lipinski definition) is 2.